The molecule has 3 aliphatic heterocycles. The van der Waals surface area contributed by atoms with Gasteiger partial charge in [-0.25, -0.2) is 0 Å². The molecule has 4 heterocycles. The number of rotatable bonds is 16. The lowest BCUT2D eigenvalue weighted by Crippen LogP contribution is -2.44. The lowest BCUT2D eigenvalue weighted by atomic mass is 9.68. The molecule has 12 heteroatoms. The van der Waals surface area contributed by atoms with Crippen LogP contribution in [-0.2, 0) is 44.9 Å². The number of thioether (sulfide) groups is 2. The first-order valence-electron chi connectivity index (χ1n) is 30.9. The minimum Gasteiger partial charge on any atom is -0.469 e. The minimum absolute atomic E-state index is 0.0707. The van der Waals surface area contributed by atoms with E-state index < -0.39 is 16.6 Å². The van der Waals surface area contributed by atoms with Crippen molar-refractivity contribution in [1.29, 1.82) is 0 Å². The molecule has 4 aromatic carbocycles. The third-order valence-electron chi connectivity index (χ3n) is 18.2. The summed E-state index contributed by atoms with van der Waals surface area (Å²) in [5.74, 6) is 18.6. The highest BCUT2D eigenvalue weighted by molar-refractivity contribution is 7.99. The van der Waals surface area contributed by atoms with Gasteiger partial charge in [0.1, 0.15) is 11.2 Å². The van der Waals surface area contributed by atoms with Crippen LogP contribution >= 0.6 is 23.5 Å². The molecule has 3 aliphatic rings. The maximum absolute atomic E-state index is 11.8. The van der Waals surface area contributed by atoms with E-state index in [0.29, 0.717) is 0 Å². The summed E-state index contributed by atoms with van der Waals surface area (Å²) in [5.41, 5.74) is 15.0. The van der Waals surface area contributed by atoms with Crippen molar-refractivity contribution in [3.8, 4) is 34.8 Å². The van der Waals surface area contributed by atoms with Gasteiger partial charge in [-0.15, -0.1) is 0 Å². The van der Waals surface area contributed by atoms with Gasteiger partial charge in [-0.1, -0.05) is 118 Å². The summed E-state index contributed by atoms with van der Waals surface area (Å²) < 4.78 is 31.0. The zero-order chi connectivity index (χ0) is 61.5. The van der Waals surface area contributed by atoms with Gasteiger partial charge in [0, 0.05) is 39.9 Å². The van der Waals surface area contributed by atoms with Gasteiger partial charge in [-0.3, -0.25) is 9.78 Å². The highest BCUT2D eigenvalue weighted by atomic mass is 32.2. The first kappa shape index (κ1) is 67.2. The molecule has 0 bridgehead atoms. The van der Waals surface area contributed by atoms with Gasteiger partial charge in [-0.05, 0) is 243 Å². The molecule has 450 valence electrons. The monoisotopic (exact) mass is 1200 g/mol. The van der Waals surface area contributed by atoms with E-state index in [1.54, 1.807) is 6.20 Å². The normalized spacial score (nSPS) is 17.4. The van der Waals surface area contributed by atoms with E-state index >= 15 is 0 Å². The zero-order valence-corrected chi connectivity index (χ0v) is 58.3. The number of aromatic nitrogens is 1. The first-order valence-corrected chi connectivity index (χ1v) is 40.1. The van der Waals surface area contributed by atoms with E-state index in [2.05, 4.69) is 224 Å². The Hall–Kier alpha value is -4.34. The molecule has 84 heavy (non-hydrogen) atoms. The Balaban J connectivity index is 0.000000241. The number of benzene rings is 4. The van der Waals surface area contributed by atoms with Crippen LogP contribution in [0.3, 0.4) is 0 Å². The SMILES string of the molecule is CCC(CC)(c1ccc(C#CC2(O[Si](C)(C)C)CCSCC2)c(C)c1)c1ccc(-c2cncc(CC(=O)OC)c2)c(C)c1.CCC(CC)(c1ccc(C#CC2(O[Si](C)(C)C)CCSCC2)c(C)c1)c1ccc(B2OC(C)(C)C(C)(C)O2)c(C)c1. The fraction of sp³-hybridized carbons (Fsp3) is 0.528. The maximum Gasteiger partial charge on any atom is 0.495 e. The van der Waals surface area contributed by atoms with Crippen LogP contribution in [0.5, 0.6) is 0 Å². The molecular weight excluding hydrogens is 1110 g/mol. The summed E-state index contributed by atoms with van der Waals surface area (Å²) in [6, 6.07) is 29.5. The lowest BCUT2D eigenvalue weighted by Gasteiger charge is -2.38. The number of hydrogen-bond donors (Lipinski definition) is 0. The molecule has 0 unspecified atom stereocenters. The van der Waals surface area contributed by atoms with E-state index in [1.165, 1.54) is 51.6 Å². The van der Waals surface area contributed by atoms with Crippen LogP contribution in [0.4, 0.5) is 0 Å². The molecule has 1 aromatic heterocycles. The lowest BCUT2D eigenvalue weighted by molar-refractivity contribution is -0.139. The van der Waals surface area contributed by atoms with E-state index in [1.807, 2.05) is 35.8 Å². The highest BCUT2D eigenvalue weighted by Gasteiger charge is 2.52. The molecule has 3 fully saturated rings. The Morgan fingerprint density at radius 2 is 0.988 bits per heavy atom. The molecule has 0 radical (unpaired) electrons. The summed E-state index contributed by atoms with van der Waals surface area (Å²) in [4.78, 5) is 16.2. The molecular formula is C72H98BNO6S2Si2. The molecule has 0 atom stereocenters. The molecule has 0 spiro atoms. The van der Waals surface area contributed by atoms with Crippen molar-refractivity contribution in [2.45, 2.75) is 213 Å². The smallest absolute Gasteiger partial charge is 0.469 e. The van der Waals surface area contributed by atoms with Gasteiger partial charge >= 0.3 is 13.1 Å². The van der Waals surface area contributed by atoms with Gasteiger partial charge in [0.05, 0.1) is 24.7 Å². The molecule has 5 aromatic rings. The van der Waals surface area contributed by atoms with E-state index in [0.717, 1.165) is 108 Å². The number of hydrogen-bond acceptors (Lipinski definition) is 9. The van der Waals surface area contributed by atoms with Crippen LogP contribution in [-0.4, -0.2) is 87.2 Å². The second-order valence-electron chi connectivity index (χ2n) is 26.8. The van der Waals surface area contributed by atoms with Crippen LogP contribution in [0, 0.1) is 51.4 Å². The second kappa shape index (κ2) is 27.4. The standard InChI is InChI=1S/C37H47NO3SSi.C35H51BO3SSi/c1-9-37(10-2,33-13-14-34(28(4)22-33)31-23-29(25-38-26-31)24-35(39)40-5)32-12-11-30(27(3)21-32)15-16-36(41-43(6,7)8)17-19-42-20-18-36;1-12-35(13-2,30-16-17-31(27(4)25-30)36-37-32(5,6)33(7,8)38-36)29-15-14-28(26(3)24-29)18-19-34(39-41(9,10)11)20-22-40-23-21-34/h11-14,21-23,25-26H,9-10,17-20,24H2,1-8H3;14-17,24-25H,12-13,20-23H2,1-11H3. The number of pyridine rings is 1. The van der Waals surface area contributed by atoms with E-state index in [4.69, 9.17) is 22.9 Å². The summed E-state index contributed by atoms with van der Waals surface area (Å²) in [6.45, 7) is 40.0. The van der Waals surface area contributed by atoms with Gasteiger partial charge < -0.3 is 22.9 Å². The summed E-state index contributed by atoms with van der Waals surface area (Å²) in [5, 5.41) is 0. The second-order valence-corrected chi connectivity index (χ2v) is 38.1. The predicted octanol–water partition coefficient (Wildman–Crippen LogP) is 16.8. The molecule has 0 amide bonds. The highest BCUT2D eigenvalue weighted by Crippen LogP contribution is 2.44. The third-order valence-corrected chi connectivity index (χ3v) is 22.2. The van der Waals surface area contributed by atoms with Crippen molar-refractivity contribution in [3.63, 3.8) is 0 Å². The van der Waals surface area contributed by atoms with Gasteiger partial charge in [0.15, 0.2) is 16.6 Å². The van der Waals surface area contributed by atoms with Crippen LogP contribution in [0.1, 0.15) is 168 Å². The molecule has 3 saturated heterocycles. The van der Waals surface area contributed by atoms with E-state index in [-0.39, 0.29) is 52.7 Å². The number of ether oxygens (including phenoxy) is 1. The molecule has 8 rings (SSSR count). The molecule has 0 saturated carbocycles. The Morgan fingerprint density at radius 1 is 0.583 bits per heavy atom. The van der Waals surface area contributed by atoms with Gasteiger partial charge in [-0.2, -0.15) is 23.5 Å². The predicted molar refractivity (Wildman–Crippen MR) is 363 cm³/mol. The minimum atomic E-state index is -1.73. The van der Waals surface area contributed by atoms with Gasteiger partial charge in [0.2, 0.25) is 0 Å². The summed E-state index contributed by atoms with van der Waals surface area (Å²) in [7, 11) is -2.37. The van der Waals surface area contributed by atoms with Crippen molar-refractivity contribution in [1.82, 2.24) is 4.98 Å². The third kappa shape index (κ3) is 15.7. The Morgan fingerprint density at radius 3 is 1.37 bits per heavy atom. The van der Waals surface area contributed by atoms with Crippen LogP contribution in [0.15, 0.2) is 91.3 Å². The fourth-order valence-corrected chi connectivity index (χ4v) is 17.7. The van der Waals surface area contributed by atoms with Crippen LogP contribution in [0.25, 0.3) is 11.1 Å². The van der Waals surface area contributed by atoms with Crippen molar-refractivity contribution in [3.05, 3.63) is 152 Å². The summed E-state index contributed by atoms with van der Waals surface area (Å²) in [6.07, 6.45) is 11.9. The number of methoxy groups -OCH3 is 1. The average molecular weight is 1200 g/mol. The number of aryl methyl sites for hydroxylation is 4. The van der Waals surface area contributed by atoms with E-state index in [9.17, 15) is 4.79 Å². The fourth-order valence-electron chi connectivity index (χ4n) is 12.6. The number of esters is 1. The van der Waals surface area contributed by atoms with Crippen molar-refractivity contribution >= 4 is 58.7 Å². The van der Waals surface area contributed by atoms with Crippen molar-refractivity contribution in [2.75, 3.05) is 30.1 Å². The Kier molecular flexibility index (Phi) is 21.9. The topological polar surface area (TPSA) is 76.1 Å². The van der Waals surface area contributed by atoms with Crippen LogP contribution < -0.4 is 5.46 Å². The number of carbonyl (C=O) groups excluding carboxylic acids is 1. The number of nitrogens with zero attached hydrogens (tertiary/aromatic N) is 1. The quantitative estimate of drug-likeness (QED) is 0.0545. The average Bonchev–Trinajstić information content (AvgIpc) is 1.84. The first-order chi connectivity index (χ1) is 39.5. The molecule has 0 N–H and O–H groups in total. The zero-order valence-electron chi connectivity index (χ0n) is 54.6. The van der Waals surface area contributed by atoms with Crippen LogP contribution in [0.2, 0.25) is 39.3 Å². The summed E-state index contributed by atoms with van der Waals surface area (Å²) >= 11 is 4.02. The molecule has 7 nitrogen and oxygen atoms in total. The largest absolute Gasteiger partial charge is 0.495 e. The molecule has 0 aliphatic carbocycles. The van der Waals surface area contributed by atoms with Gasteiger partial charge in [0.25, 0.3) is 0 Å². The van der Waals surface area contributed by atoms with Crippen molar-refractivity contribution < 1.29 is 27.7 Å². The maximum atomic E-state index is 11.8. The Labute approximate surface area is 518 Å². The Bertz CT molecular complexity index is 3230. The number of carbonyl (C=O) groups is 1. The van der Waals surface area contributed by atoms with Crippen molar-refractivity contribution in [2.24, 2.45) is 0 Å².